The molecule has 0 atom stereocenters. The summed E-state index contributed by atoms with van der Waals surface area (Å²) in [7, 11) is 0. The Kier molecular flexibility index (Phi) is 5.06. The molecule has 1 aliphatic heterocycles. The van der Waals surface area contributed by atoms with Crippen LogP contribution in [0.3, 0.4) is 0 Å². The third-order valence-corrected chi connectivity index (χ3v) is 3.48. The Balaban J connectivity index is 1.72. The quantitative estimate of drug-likeness (QED) is 0.489. The zero-order valence-electron chi connectivity index (χ0n) is 11.4. The van der Waals surface area contributed by atoms with Gasteiger partial charge in [-0.15, -0.1) is 0 Å². The van der Waals surface area contributed by atoms with E-state index in [1.54, 1.807) is 0 Å². The van der Waals surface area contributed by atoms with E-state index in [0.29, 0.717) is 12.1 Å². The van der Waals surface area contributed by atoms with Crippen LogP contribution < -0.4 is 5.32 Å². The summed E-state index contributed by atoms with van der Waals surface area (Å²) in [5.74, 6) is -0.179. The number of nitro groups is 1. The topological polar surface area (TPSA) is 75.5 Å². The first-order valence-electron chi connectivity index (χ1n) is 6.92. The van der Waals surface area contributed by atoms with Crippen molar-refractivity contribution in [2.75, 3.05) is 26.2 Å². The van der Waals surface area contributed by atoms with E-state index in [-0.39, 0.29) is 11.6 Å². The maximum Gasteiger partial charge on any atom is 0.269 e. The van der Waals surface area contributed by atoms with Crippen LogP contribution in [0.4, 0.5) is 5.69 Å². The molecule has 1 aliphatic rings. The molecule has 0 spiro atoms. The molecule has 1 aromatic rings. The van der Waals surface area contributed by atoms with E-state index in [2.05, 4.69) is 10.2 Å². The van der Waals surface area contributed by atoms with Gasteiger partial charge in [0.2, 0.25) is 0 Å². The van der Waals surface area contributed by atoms with Crippen molar-refractivity contribution < 1.29 is 9.72 Å². The number of rotatable bonds is 6. The highest BCUT2D eigenvalue weighted by Crippen LogP contribution is 2.11. The second-order valence-corrected chi connectivity index (χ2v) is 4.96. The molecule has 20 heavy (non-hydrogen) atoms. The second-order valence-electron chi connectivity index (χ2n) is 4.96. The molecule has 1 saturated heterocycles. The molecule has 1 aromatic carbocycles. The SMILES string of the molecule is O=C(NCCCN1CCCC1)c1ccc([N+](=O)[O-])cc1. The molecule has 0 saturated carbocycles. The Morgan fingerprint density at radius 3 is 2.50 bits per heavy atom. The summed E-state index contributed by atoms with van der Waals surface area (Å²) in [5.41, 5.74) is 0.451. The van der Waals surface area contributed by atoms with E-state index < -0.39 is 4.92 Å². The maximum absolute atomic E-state index is 11.8. The monoisotopic (exact) mass is 277 g/mol. The third-order valence-electron chi connectivity index (χ3n) is 3.48. The first-order chi connectivity index (χ1) is 9.66. The van der Waals surface area contributed by atoms with Crippen molar-refractivity contribution in [3.63, 3.8) is 0 Å². The highest BCUT2D eigenvalue weighted by Gasteiger charge is 2.11. The Morgan fingerprint density at radius 1 is 1.25 bits per heavy atom. The highest BCUT2D eigenvalue weighted by molar-refractivity contribution is 5.94. The molecule has 0 bridgehead atoms. The number of non-ortho nitro benzene ring substituents is 1. The van der Waals surface area contributed by atoms with Gasteiger partial charge in [0.05, 0.1) is 4.92 Å². The van der Waals surface area contributed by atoms with Gasteiger partial charge in [0, 0.05) is 24.2 Å². The summed E-state index contributed by atoms with van der Waals surface area (Å²) < 4.78 is 0. The zero-order chi connectivity index (χ0) is 14.4. The Hall–Kier alpha value is -1.95. The van der Waals surface area contributed by atoms with Crippen LogP contribution in [0.25, 0.3) is 0 Å². The number of carbonyl (C=O) groups is 1. The molecule has 6 nitrogen and oxygen atoms in total. The summed E-state index contributed by atoms with van der Waals surface area (Å²) in [6.45, 7) is 3.97. The van der Waals surface area contributed by atoms with Crippen molar-refractivity contribution >= 4 is 11.6 Å². The third kappa shape index (κ3) is 4.03. The lowest BCUT2D eigenvalue weighted by Crippen LogP contribution is -2.28. The van der Waals surface area contributed by atoms with Crippen LogP contribution in [0.15, 0.2) is 24.3 Å². The van der Waals surface area contributed by atoms with Crippen LogP contribution in [0.2, 0.25) is 0 Å². The van der Waals surface area contributed by atoms with Crippen molar-refractivity contribution in [3.8, 4) is 0 Å². The molecule has 6 heteroatoms. The van der Waals surface area contributed by atoms with Crippen molar-refractivity contribution in [3.05, 3.63) is 39.9 Å². The number of carbonyl (C=O) groups excluding carboxylic acids is 1. The molecule has 0 aromatic heterocycles. The van der Waals surface area contributed by atoms with Crippen LogP contribution in [0, 0.1) is 10.1 Å². The number of nitro benzene ring substituents is 1. The summed E-state index contributed by atoms with van der Waals surface area (Å²) in [4.78, 5) is 24.3. The minimum Gasteiger partial charge on any atom is -0.352 e. The maximum atomic E-state index is 11.8. The molecule has 2 rings (SSSR count). The van der Waals surface area contributed by atoms with E-state index in [9.17, 15) is 14.9 Å². The smallest absolute Gasteiger partial charge is 0.269 e. The van der Waals surface area contributed by atoms with E-state index >= 15 is 0 Å². The normalized spacial score (nSPS) is 15.2. The lowest BCUT2D eigenvalue weighted by molar-refractivity contribution is -0.384. The molecule has 1 amide bonds. The van der Waals surface area contributed by atoms with Gasteiger partial charge in [-0.3, -0.25) is 14.9 Å². The first kappa shape index (κ1) is 14.5. The highest BCUT2D eigenvalue weighted by atomic mass is 16.6. The largest absolute Gasteiger partial charge is 0.352 e. The average molecular weight is 277 g/mol. The van der Waals surface area contributed by atoms with Crippen LogP contribution in [0.1, 0.15) is 29.6 Å². The molecular formula is C14H19N3O3. The van der Waals surface area contributed by atoms with Crippen LogP contribution in [-0.4, -0.2) is 41.9 Å². The minimum atomic E-state index is -0.474. The number of benzene rings is 1. The van der Waals surface area contributed by atoms with E-state index in [4.69, 9.17) is 0 Å². The van der Waals surface area contributed by atoms with Gasteiger partial charge >= 0.3 is 0 Å². The summed E-state index contributed by atoms with van der Waals surface area (Å²) >= 11 is 0. The predicted molar refractivity (Wildman–Crippen MR) is 75.7 cm³/mol. The first-order valence-corrected chi connectivity index (χ1v) is 6.92. The Bertz CT molecular complexity index is 467. The molecule has 0 radical (unpaired) electrons. The van der Waals surface area contributed by atoms with Gasteiger partial charge in [0.1, 0.15) is 0 Å². The lowest BCUT2D eigenvalue weighted by Gasteiger charge is -2.14. The van der Waals surface area contributed by atoms with E-state index in [1.165, 1.54) is 37.1 Å². The number of hydrogen-bond acceptors (Lipinski definition) is 4. The molecule has 1 heterocycles. The number of nitrogens with zero attached hydrogens (tertiary/aromatic N) is 2. The van der Waals surface area contributed by atoms with Gasteiger partial charge in [-0.05, 0) is 51.0 Å². The average Bonchev–Trinajstić information content (AvgIpc) is 2.96. The minimum absolute atomic E-state index is 0.00409. The van der Waals surface area contributed by atoms with E-state index in [1.807, 2.05) is 0 Å². The van der Waals surface area contributed by atoms with Gasteiger partial charge in [-0.2, -0.15) is 0 Å². The van der Waals surface area contributed by atoms with Gasteiger partial charge in [0.15, 0.2) is 0 Å². The Morgan fingerprint density at radius 2 is 1.90 bits per heavy atom. The van der Waals surface area contributed by atoms with Gasteiger partial charge in [0.25, 0.3) is 11.6 Å². The van der Waals surface area contributed by atoms with Crippen molar-refractivity contribution in [1.29, 1.82) is 0 Å². The fourth-order valence-corrected chi connectivity index (χ4v) is 2.35. The fraction of sp³-hybridized carbons (Fsp3) is 0.500. The summed E-state index contributed by atoms with van der Waals surface area (Å²) in [6, 6.07) is 5.65. The molecular weight excluding hydrogens is 258 g/mol. The summed E-state index contributed by atoms with van der Waals surface area (Å²) in [5, 5.41) is 13.4. The fourth-order valence-electron chi connectivity index (χ4n) is 2.35. The van der Waals surface area contributed by atoms with Gasteiger partial charge < -0.3 is 10.2 Å². The van der Waals surface area contributed by atoms with Crippen molar-refractivity contribution in [1.82, 2.24) is 10.2 Å². The second kappa shape index (κ2) is 7.00. The van der Waals surface area contributed by atoms with Crippen LogP contribution in [0.5, 0.6) is 0 Å². The number of hydrogen-bond donors (Lipinski definition) is 1. The molecule has 0 unspecified atom stereocenters. The zero-order valence-corrected chi connectivity index (χ0v) is 11.4. The van der Waals surface area contributed by atoms with Crippen molar-refractivity contribution in [2.24, 2.45) is 0 Å². The number of amides is 1. The molecule has 1 fully saturated rings. The van der Waals surface area contributed by atoms with Crippen LogP contribution >= 0.6 is 0 Å². The summed E-state index contributed by atoms with van der Waals surface area (Å²) in [6.07, 6.45) is 3.48. The lowest BCUT2D eigenvalue weighted by atomic mass is 10.2. The van der Waals surface area contributed by atoms with E-state index in [0.717, 1.165) is 26.1 Å². The molecule has 0 aliphatic carbocycles. The van der Waals surface area contributed by atoms with Crippen LogP contribution in [-0.2, 0) is 0 Å². The molecule has 108 valence electrons. The predicted octanol–water partition coefficient (Wildman–Crippen LogP) is 1.81. The van der Waals surface area contributed by atoms with Gasteiger partial charge in [-0.25, -0.2) is 0 Å². The Labute approximate surface area is 117 Å². The molecule has 1 N–H and O–H groups in total. The van der Waals surface area contributed by atoms with Gasteiger partial charge in [-0.1, -0.05) is 0 Å². The number of nitrogens with one attached hydrogen (secondary N) is 1. The standard InChI is InChI=1S/C14H19N3O3/c18-14(12-4-6-13(7-5-12)17(19)20)15-8-3-11-16-9-1-2-10-16/h4-7H,1-3,8-11H2,(H,15,18). The number of likely N-dealkylation sites (tertiary alicyclic amines) is 1. The van der Waals surface area contributed by atoms with Crippen molar-refractivity contribution in [2.45, 2.75) is 19.3 Å².